The van der Waals surface area contributed by atoms with Gasteiger partial charge in [0.15, 0.2) is 0 Å². The molecule has 0 atom stereocenters. The average molecular weight is 621 g/mol. The molecule has 4 aliphatic rings. The van der Waals surface area contributed by atoms with E-state index < -0.39 is 0 Å². The van der Waals surface area contributed by atoms with Crippen molar-refractivity contribution in [3.05, 3.63) is 104 Å². The summed E-state index contributed by atoms with van der Waals surface area (Å²) in [6.45, 7) is 2.89. The number of allylic oxidation sites excluding steroid dienone is 2. The molecule has 232 valence electrons. The zero-order valence-corrected chi connectivity index (χ0v) is 25.7. The van der Waals surface area contributed by atoms with Crippen molar-refractivity contribution >= 4 is 81.6 Å². The number of imide groups is 2. The molecule has 0 spiro atoms. The number of carbonyl (C=O) groups is 4. The standard InChI is InChI=1S/C39H32N4O4/c44-34-22-30-10-8-28-18-24-4-1-6-26(24)20-32(28)36(30)38(46)42(34)16-14-40-12-3-13-41-15-17-43-35(45)23-31-11-9-29-19-25-5-2-7-27(25)21-33(29)37(31)39(43)47/h1-2,4-11,18-23,40-41H,3,12-17H2. The van der Waals surface area contributed by atoms with E-state index in [9.17, 15) is 19.2 Å². The maximum Gasteiger partial charge on any atom is 0.262 e. The molecule has 8 rings (SSSR count). The van der Waals surface area contributed by atoms with Crippen LogP contribution in [-0.2, 0) is 9.59 Å². The highest BCUT2D eigenvalue weighted by molar-refractivity contribution is 6.23. The van der Waals surface area contributed by atoms with Gasteiger partial charge in [-0.05, 0) is 97.3 Å². The van der Waals surface area contributed by atoms with Gasteiger partial charge in [-0.25, -0.2) is 0 Å². The smallest absolute Gasteiger partial charge is 0.262 e. The fourth-order valence-corrected chi connectivity index (χ4v) is 6.94. The predicted molar refractivity (Wildman–Crippen MR) is 185 cm³/mol. The minimum atomic E-state index is -0.298. The Morgan fingerprint density at radius 2 is 1.00 bits per heavy atom. The first-order chi connectivity index (χ1) is 23.0. The summed E-state index contributed by atoms with van der Waals surface area (Å²) >= 11 is 0. The third-order valence-corrected chi connectivity index (χ3v) is 9.35. The number of hydrogen-bond donors (Lipinski definition) is 2. The van der Waals surface area contributed by atoms with Crippen molar-refractivity contribution in [3.63, 3.8) is 0 Å². The van der Waals surface area contributed by atoms with E-state index in [1.807, 2.05) is 60.7 Å². The van der Waals surface area contributed by atoms with E-state index in [0.717, 1.165) is 49.5 Å². The van der Waals surface area contributed by atoms with Crippen molar-refractivity contribution in [2.75, 3.05) is 39.3 Å². The van der Waals surface area contributed by atoms with Gasteiger partial charge < -0.3 is 10.6 Å². The molecule has 4 aromatic carbocycles. The molecular formula is C39H32N4O4. The Labute approximate surface area is 270 Å². The summed E-state index contributed by atoms with van der Waals surface area (Å²) in [6, 6.07) is 15.9. The van der Waals surface area contributed by atoms with Crippen LogP contribution in [0.4, 0.5) is 0 Å². The van der Waals surface area contributed by atoms with E-state index in [1.54, 1.807) is 12.2 Å². The van der Waals surface area contributed by atoms with Crippen molar-refractivity contribution in [2.45, 2.75) is 6.42 Å². The largest absolute Gasteiger partial charge is 0.315 e. The molecule has 0 saturated heterocycles. The lowest BCUT2D eigenvalue weighted by atomic mass is 9.96. The molecule has 0 bridgehead atoms. The summed E-state index contributed by atoms with van der Waals surface area (Å²) in [6.07, 6.45) is 16.1. The first-order valence-corrected chi connectivity index (χ1v) is 16.0. The van der Waals surface area contributed by atoms with Crippen LogP contribution in [0.5, 0.6) is 0 Å². The predicted octanol–water partition coefficient (Wildman–Crippen LogP) is 1.40. The highest BCUT2D eigenvalue weighted by Crippen LogP contribution is 2.23. The minimum Gasteiger partial charge on any atom is -0.315 e. The second kappa shape index (κ2) is 11.7. The molecule has 0 saturated carbocycles. The lowest BCUT2D eigenvalue weighted by molar-refractivity contribution is -0.123. The van der Waals surface area contributed by atoms with Gasteiger partial charge in [0.25, 0.3) is 23.6 Å². The number of rotatable bonds is 10. The topological polar surface area (TPSA) is 98.8 Å². The average Bonchev–Trinajstić information content (AvgIpc) is 3.72. The van der Waals surface area contributed by atoms with Crippen LogP contribution in [0.1, 0.15) is 38.3 Å². The molecule has 4 amide bonds. The molecule has 8 nitrogen and oxygen atoms in total. The Kier molecular flexibility index (Phi) is 7.24. The van der Waals surface area contributed by atoms with E-state index in [0.29, 0.717) is 47.7 Å². The Morgan fingerprint density at radius 3 is 1.47 bits per heavy atom. The molecule has 4 aromatic rings. The number of hydrogen-bond acceptors (Lipinski definition) is 6. The molecular weight excluding hydrogens is 588 g/mol. The van der Waals surface area contributed by atoms with Gasteiger partial charge in [0.1, 0.15) is 0 Å². The monoisotopic (exact) mass is 620 g/mol. The van der Waals surface area contributed by atoms with Crippen LogP contribution in [-0.4, -0.2) is 72.7 Å². The van der Waals surface area contributed by atoms with Crippen LogP contribution < -0.4 is 31.5 Å². The summed E-state index contributed by atoms with van der Waals surface area (Å²) in [5.74, 6) is -1.12. The summed E-state index contributed by atoms with van der Waals surface area (Å²) in [4.78, 5) is 55.3. The molecule has 0 aromatic heterocycles. The van der Waals surface area contributed by atoms with Gasteiger partial charge in [-0.15, -0.1) is 0 Å². The summed E-state index contributed by atoms with van der Waals surface area (Å²) in [5, 5.41) is 13.9. The van der Waals surface area contributed by atoms with Gasteiger partial charge in [-0.3, -0.25) is 29.0 Å². The maximum absolute atomic E-state index is 13.5. The molecule has 8 heteroatoms. The quantitative estimate of drug-likeness (QED) is 0.206. The maximum atomic E-state index is 13.5. The summed E-state index contributed by atoms with van der Waals surface area (Å²) in [5.41, 5.74) is 3.30. The fourth-order valence-electron chi connectivity index (χ4n) is 6.94. The fraction of sp³-hybridized carbons (Fsp3) is 0.179. The van der Waals surface area contributed by atoms with Crippen LogP contribution in [0, 0.1) is 0 Å². The van der Waals surface area contributed by atoms with E-state index in [-0.39, 0.29) is 36.7 Å². The molecule has 2 heterocycles. The molecule has 0 unspecified atom stereocenters. The molecule has 0 radical (unpaired) electrons. The van der Waals surface area contributed by atoms with Gasteiger partial charge in [0.05, 0.1) is 11.1 Å². The Bertz CT molecular complexity index is 2220. The SMILES string of the molecule is O=C1C=c2ccc3cc4c(cc3c2C(=O)N1CCNCCCNCCN1C(=O)C=c2ccc3cc5c(cc3c2C1=O)C=CC=5)C=CC=4. The first kappa shape index (κ1) is 29.0. The second-order valence-corrected chi connectivity index (χ2v) is 12.2. The molecule has 2 aliphatic heterocycles. The summed E-state index contributed by atoms with van der Waals surface area (Å²) in [7, 11) is 0. The van der Waals surface area contributed by atoms with Gasteiger partial charge in [0, 0.05) is 38.3 Å². The highest BCUT2D eigenvalue weighted by atomic mass is 16.2. The zero-order valence-electron chi connectivity index (χ0n) is 25.7. The number of nitrogens with zero attached hydrogens (tertiary/aromatic N) is 2. The minimum absolute atomic E-state index is 0.263. The third-order valence-electron chi connectivity index (χ3n) is 9.35. The van der Waals surface area contributed by atoms with Crippen LogP contribution in [0.3, 0.4) is 0 Å². The lowest BCUT2D eigenvalue weighted by Crippen LogP contribution is -2.46. The van der Waals surface area contributed by atoms with Gasteiger partial charge in [-0.1, -0.05) is 60.7 Å². The number of benzene rings is 4. The van der Waals surface area contributed by atoms with E-state index in [2.05, 4.69) is 34.9 Å². The molecule has 2 N–H and O–H groups in total. The first-order valence-electron chi connectivity index (χ1n) is 16.0. The zero-order chi connectivity index (χ0) is 32.1. The van der Waals surface area contributed by atoms with E-state index in [4.69, 9.17) is 0 Å². The highest BCUT2D eigenvalue weighted by Gasteiger charge is 2.29. The number of nitrogens with one attached hydrogen (secondary N) is 2. The van der Waals surface area contributed by atoms with Crippen molar-refractivity contribution < 1.29 is 19.2 Å². The normalized spacial score (nSPS) is 15.7. The Morgan fingerprint density at radius 1 is 0.532 bits per heavy atom. The van der Waals surface area contributed by atoms with Crippen LogP contribution in [0.2, 0.25) is 0 Å². The lowest BCUT2D eigenvalue weighted by Gasteiger charge is -2.24. The summed E-state index contributed by atoms with van der Waals surface area (Å²) < 4.78 is 0. The van der Waals surface area contributed by atoms with Gasteiger partial charge >= 0.3 is 0 Å². The van der Waals surface area contributed by atoms with Crippen molar-refractivity contribution in [1.29, 1.82) is 0 Å². The van der Waals surface area contributed by atoms with Gasteiger partial charge in [-0.2, -0.15) is 0 Å². The number of carbonyl (C=O) groups excluding carboxylic acids is 4. The van der Waals surface area contributed by atoms with Crippen molar-refractivity contribution in [2.24, 2.45) is 0 Å². The van der Waals surface area contributed by atoms with Gasteiger partial charge in [0.2, 0.25) is 0 Å². The number of fused-ring (bicyclic) bond motifs is 8. The van der Waals surface area contributed by atoms with Crippen LogP contribution >= 0.6 is 0 Å². The molecule has 47 heavy (non-hydrogen) atoms. The number of amides is 4. The molecule has 0 fully saturated rings. The second-order valence-electron chi connectivity index (χ2n) is 12.2. The van der Waals surface area contributed by atoms with Crippen molar-refractivity contribution in [1.82, 2.24) is 20.4 Å². The van der Waals surface area contributed by atoms with E-state index in [1.165, 1.54) is 9.80 Å². The van der Waals surface area contributed by atoms with Crippen LogP contribution in [0.25, 0.3) is 58.0 Å². The Balaban J connectivity index is 0.817. The third kappa shape index (κ3) is 5.12. The van der Waals surface area contributed by atoms with Crippen LogP contribution in [0.15, 0.2) is 60.7 Å². The Hall–Kier alpha value is -5.44. The van der Waals surface area contributed by atoms with Crippen molar-refractivity contribution in [3.8, 4) is 0 Å². The van der Waals surface area contributed by atoms with E-state index >= 15 is 0 Å². The molecule has 2 aliphatic carbocycles.